The molecule has 1 fully saturated rings. The summed E-state index contributed by atoms with van der Waals surface area (Å²) in [4.78, 5) is 38.5. The molecule has 32 heavy (non-hydrogen) atoms. The highest BCUT2D eigenvalue weighted by atomic mass is 35.5. The molecule has 2 aromatic rings. The van der Waals surface area contributed by atoms with Crippen LogP contribution < -0.4 is 5.32 Å². The van der Waals surface area contributed by atoms with Gasteiger partial charge < -0.3 is 10.2 Å². The van der Waals surface area contributed by atoms with Gasteiger partial charge in [-0.2, -0.15) is 0 Å². The van der Waals surface area contributed by atoms with E-state index in [-0.39, 0.29) is 36.2 Å². The summed E-state index contributed by atoms with van der Waals surface area (Å²) in [5.41, 5.74) is 0.660. The number of carbonyl (C=O) groups excluding carboxylic acids is 2. The maximum Gasteiger partial charge on any atom is 0.273 e. The van der Waals surface area contributed by atoms with Crippen LogP contribution in [0, 0.1) is 10.1 Å². The lowest BCUT2D eigenvalue weighted by Crippen LogP contribution is -2.50. The average Bonchev–Trinajstić information content (AvgIpc) is 3.26. The van der Waals surface area contributed by atoms with E-state index in [0.29, 0.717) is 15.6 Å². The van der Waals surface area contributed by atoms with Gasteiger partial charge in [-0.25, -0.2) is 0 Å². The van der Waals surface area contributed by atoms with E-state index in [9.17, 15) is 19.7 Å². The van der Waals surface area contributed by atoms with Crippen LogP contribution in [-0.4, -0.2) is 33.7 Å². The second-order valence-electron chi connectivity index (χ2n) is 7.95. The van der Waals surface area contributed by atoms with Gasteiger partial charge in [0.15, 0.2) is 0 Å². The van der Waals surface area contributed by atoms with Gasteiger partial charge in [-0.05, 0) is 31.9 Å². The number of carbonyl (C=O) groups is 2. The van der Waals surface area contributed by atoms with Gasteiger partial charge in [0.2, 0.25) is 11.8 Å². The van der Waals surface area contributed by atoms with Crippen LogP contribution >= 0.6 is 23.2 Å². The Morgan fingerprint density at radius 3 is 2.38 bits per heavy atom. The Balaban J connectivity index is 1.87. The molecule has 1 aliphatic rings. The monoisotopic (exact) mass is 477 g/mol. The van der Waals surface area contributed by atoms with Gasteiger partial charge in [0.1, 0.15) is 6.04 Å². The molecule has 2 amide bonds. The fourth-order valence-electron chi connectivity index (χ4n) is 3.93. The molecule has 0 bridgehead atoms. The van der Waals surface area contributed by atoms with Gasteiger partial charge in [-0.1, -0.05) is 60.3 Å². The topological polar surface area (TPSA) is 92.6 Å². The molecule has 0 heterocycles. The van der Waals surface area contributed by atoms with Crippen LogP contribution in [-0.2, 0) is 22.6 Å². The summed E-state index contributed by atoms with van der Waals surface area (Å²) in [7, 11) is 0. The molecule has 170 valence electrons. The number of nitro groups is 1. The van der Waals surface area contributed by atoms with Crippen LogP contribution in [0.5, 0.6) is 0 Å². The summed E-state index contributed by atoms with van der Waals surface area (Å²) >= 11 is 12.6. The normalized spacial score (nSPS) is 14.7. The van der Waals surface area contributed by atoms with Gasteiger partial charge in [0, 0.05) is 39.8 Å². The summed E-state index contributed by atoms with van der Waals surface area (Å²) < 4.78 is 0. The van der Waals surface area contributed by atoms with Gasteiger partial charge in [0.05, 0.1) is 11.3 Å². The van der Waals surface area contributed by atoms with Crippen LogP contribution in [0.1, 0.15) is 43.7 Å². The number of hydrogen-bond acceptors (Lipinski definition) is 4. The molecule has 1 aliphatic carbocycles. The number of para-hydroxylation sites is 1. The Morgan fingerprint density at radius 2 is 1.75 bits per heavy atom. The Kier molecular flexibility index (Phi) is 8.10. The highest BCUT2D eigenvalue weighted by Gasteiger charge is 2.30. The number of hydrogen-bond donors (Lipinski definition) is 1. The molecular formula is C23H25Cl2N3O4. The van der Waals surface area contributed by atoms with Crippen molar-refractivity contribution in [3.05, 3.63) is 73.8 Å². The first-order valence-corrected chi connectivity index (χ1v) is 11.3. The lowest BCUT2D eigenvalue weighted by Gasteiger charge is -2.30. The summed E-state index contributed by atoms with van der Waals surface area (Å²) in [6.07, 6.45) is 3.74. The molecule has 0 unspecified atom stereocenters. The van der Waals surface area contributed by atoms with Crippen molar-refractivity contribution in [3.63, 3.8) is 0 Å². The highest BCUT2D eigenvalue weighted by Crippen LogP contribution is 2.28. The molecule has 1 atom stereocenters. The average molecular weight is 478 g/mol. The van der Waals surface area contributed by atoms with Crippen LogP contribution in [0.25, 0.3) is 0 Å². The van der Waals surface area contributed by atoms with Crippen LogP contribution in [0.2, 0.25) is 10.0 Å². The molecule has 0 aliphatic heterocycles. The first-order chi connectivity index (χ1) is 15.3. The molecule has 0 saturated heterocycles. The van der Waals surface area contributed by atoms with E-state index < -0.39 is 16.9 Å². The minimum atomic E-state index is -0.807. The largest absolute Gasteiger partial charge is 0.352 e. The predicted molar refractivity (Wildman–Crippen MR) is 124 cm³/mol. The van der Waals surface area contributed by atoms with E-state index in [1.807, 2.05) is 0 Å². The van der Waals surface area contributed by atoms with E-state index in [4.69, 9.17) is 23.2 Å². The molecular weight excluding hydrogens is 453 g/mol. The van der Waals surface area contributed by atoms with Crippen molar-refractivity contribution in [2.24, 2.45) is 0 Å². The third-order valence-corrected chi connectivity index (χ3v) is 6.50. The quantitative estimate of drug-likeness (QED) is 0.431. The first kappa shape index (κ1) is 24.0. The zero-order valence-electron chi connectivity index (χ0n) is 17.7. The lowest BCUT2D eigenvalue weighted by atomic mass is 10.1. The number of halogens is 2. The Hall–Kier alpha value is -2.64. The highest BCUT2D eigenvalue weighted by molar-refractivity contribution is 6.36. The maximum absolute atomic E-state index is 13.3. The van der Waals surface area contributed by atoms with Crippen molar-refractivity contribution in [1.82, 2.24) is 10.2 Å². The zero-order valence-corrected chi connectivity index (χ0v) is 19.2. The number of amides is 2. The second kappa shape index (κ2) is 10.8. The minimum Gasteiger partial charge on any atom is -0.352 e. The lowest BCUT2D eigenvalue weighted by molar-refractivity contribution is -0.385. The van der Waals surface area contributed by atoms with Crippen molar-refractivity contribution in [2.75, 3.05) is 0 Å². The maximum atomic E-state index is 13.3. The fraction of sp³-hybridized carbons (Fsp3) is 0.391. The van der Waals surface area contributed by atoms with E-state index in [2.05, 4.69) is 5.32 Å². The molecule has 1 N–H and O–H groups in total. The van der Waals surface area contributed by atoms with Crippen molar-refractivity contribution in [1.29, 1.82) is 0 Å². The summed E-state index contributed by atoms with van der Waals surface area (Å²) in [6, 6.07) is 10.4. The van der Waals surface area contributed by atoms with Crippen molar-refractivity contribution >= 4 is 40.7 Å². The molecule has 3 rings (SSSR count). The Bertz CT molecular complexity index is 988. The minimum absolute atomic E-state index is 0.0111. The fourth-order valence-corrected chi connectivity index (χ4v) is 4.45. The third kappa shape index (κ3) is 5.78. The smallest absolute Gasteiger partial charge is 0.273 e. The Labute approximate surface area is 196 Å². The van der Waals surface area contributed by atoms with Gasteiger partial charge in [-0.3, -0.25) is 19.7 Å². The molecule has 7 nitrogen and oxygen atoms in total. The summed E-state index contributed by atoms with van der Waals surface area (Å²) in [5, 5.41) is 15.1. The number of nitrogens with one attached hydrogen (secondary N) is 1. The van der Waals surface area contributed by atoms with Crippen molar-refractivity contribution in [3.8, 4) is 0 Å². The molecule has 0 radical (unpaired) electrons. The van der Waals surface area contributed by atoms with Crippen LogP contribution in [0.4, 0.5) is 5.69 Å². The van der Waals surface area contributed by atoms with Gasteiger partial charge >= 0.3 is 0 Å². The number of nitrogens with zero attached hydrogens (tertiary/aromatic N) is 2. The Morgan fingerprint density at radius 1 is 1.12 bits per heavy atom. The molecule has 2 aromatic carbocycles. The molecule has 0 spiro atoms. The van der Waals surface area contributed by atoms with Crippen molar-refractivity contribution in [2.45, 2.75) is 57.7 Å². The van der Waals surface area contributed by atoms with E-state index in [1.165, 1.54) is 11.0 Å². The van der Waals surface area contributed by atoms with Crippen LogP contribution in [0.15, 0.2) is 42.5 Å². The third-order valence-electron chi connectivity index (χ3n) is 5.79. The zero-order chi connectivity index (χ0) is 23.3. The summed E-state index contributed by atoms with van der Waals surface area (Å²) in [5.74, 6) is -0.694. The number of nitro benzene ring substituents is 1. The number of benzene rings is 2. The van der Waals surface area contributed by atoms with Gasteiger partial charge in [0.25, 0.3) is 5.69 Å². The van der Waals surface area contributed by atoms with E-state index >= 15 is 0 Å². The van der Waals surface area contributed by atoms with Crippen molar-refractivity contribution < 1.29 is 14.5 Å². The standard InChI is InChI=1S/C23H25Cl2N3O4/c1-15(23(30)26-17-8-3-4-9-17)27(14-18-19(24)10-6-11-20(18)25)22(29)13-16-7-2-5-12-21(16)28(31)32/h2,5-7,10-12,15,17H,3-4,8-9,13-14H2,1H3,(H,26,30)/t15-/m0/s1. The predicted octanol–water partition coefficient (Wildman–Crippen LogP) is 4.92. The van der Waals surface area contributed by atoms with E-state index in [1.54, 1.807) is 43.3 Å². The molecule has 0 aromatic heterocycles. The van der Waals surface area contributed by atoms with Crippen LogP contribution in [0.3, 0.4) is 0 Å². The molecule has 9 heteroatoms. The first-order valence-electron chi connectivity index (χ1n) is 10.5. The second-order valence-corrected chi connectivity index (χ2v) is 8.76. The molecule has 1 saturated carbocycles. The van der Waals surface area contributed by atoms with Gasteiger partial charge in [-0.15, -0.1) is 0 Å². The van der Waals surface area contributed by atoms with E-state index in [0.717, 1.165) is 25.7 Å². The SMILES string of the molecule is C[C@@H](C(=O)NC1CCCC1)N(Cc1c(Cl)cccc1Cl)C(=O)Cc1ccccc1[N+](=O)[O-]. The number of rotatable bonds is 8. The summed E-state index contributed by atoms with van der Waals surface area (Å²) in [6.45, 7) is 1.66.